The Kier molecular flexibility index (Phi) is 3.03. The maximum absolute atomic E-state index is 13.4. The van der Waals surface area contributed by atoms with Gasteiger partial charge in [0.1, 0.15) is 0 Å². The van der Waals surface area contributed by atoms with Crippen LogP contribution in [-0.2, 0) is 0 Å². The van der Waals surface area contributed by atoms with Crippen molar-refractivity contribution in [2.45, 2.75) is 0 Å². The average Bonchev–Trinajstić information content (AvgIpc) is 3.07. The van der Waals surface area contributed by atoms with Crippen LogP contribution in [0, 0.1) is 0 Å². The monoisotopic (exact) mass is 358 g/mol. The van der Waals surface area contributed by atoms with E-state index in [0.717, 1.165) is 43.9 Å². The average molecular weight is 358 g/mol. The first-order valence-corrected chi connectivity index (χ1v) is 9.23. The molecular weight excluding hydrogens is 344 g/mol. The molecule has 5 aromatic rings. The maximum atomic E-state index is 13.4. The van der Waals surface area contributed by atoms with Crippen molar-refractivity contribution in [1.29, 1.82) is 0 Å². The molecule has 1 aliphatic carbocycles. The van der Waals surface area contributed by atoms with Crippen LogP contribution < -0.4 is 0 Å². The lowest BCUT2D eigenvalue weighted by molar-refractivity contribution is 0.104. The number of fused-ring (bicyclic) bond motifs is 7. The number of pyridine rings is 2. The number of hydrogen-bond acceptors (Lipinski definition) is 3. The van der Waals surface area contributed by atoms with Crippen molar-refractivity contribution in [1.82, 2.24) is 9.97 Å². The van der Waals surface area contributed by atoms with Crippen LogP contribution in [0.2, 0.25) is 0 Å². The van der Waals surface area contributed by atoms with Crippen molar-refractivity contribution in [3.05, 3.63) is 96.3 Å². The first kappa shape index (κ1) is 15.2. The Morgan fingerprint density at radius 3 is 2.39 bits per heavy atom. The second-order valence-corrected chi connectivity index (χ2v) is 7.01. The van der Waals surface area contributed by atoms with Gasteiger partial charge in [0.05, 0.1) is 16.8 Å². The van der Waals surface area contributed by atoms with Gasteiger partial charge in [0.15, 0.2) is 5.78 Å². The molecule has 0 spiro atoms. The highest BCUT2D eigenvalue weighted by Gasteiger charge is 2.32. The summed E-state index contributed by atoms with van der Waals surface area (Å²) in [4.78, 5) is 22.6. The van der Waals surface area contributed by atoms with E-state index in [1.807, 2.05) is 54.6 Å². The molecule has 3 nitrogen and oxygen atoms in total. The van der Waals surface area contributed by atoms with Crippen LogP contribution in [0.25, 0.3) is 44.1 Å². The number of rotatable bonds is 1. The Morgan fingerprint density at radius 1 is 0.714 bits per heavy atom. The van der Waals surface area contributed by atoms with Crippen molar-refractivity contribution in [2.24, 2.45) is 0 Å². The summed E-state index contributed by atoms with van der Waals surface area (Å²) in [5.41, 5.74) is 5.84. The van der Waals surface area contributed by atoms with Crippen LogP contribution in [0.4, 0.5) is 0 Å². The zero-order valence-corrected chi connectivity index (χ0v) is 14.9. The highest BCUT2D eigenvalue weighted by Crippen LogP contribution is 2.46. The SMILES string of the molecule is O=C1c2ccccc2-c2c1c(-c1cccnc1)nc1ccc3ccccc3c21. The molecule has 0 fully saturated rings. The van der Waals surface area contributed by atoms with Gasteiger partial charge in [0.25, 0.3) is 0 Å². The number of aromatic nitrogens is 2. The molecule has 0 unspecified atom stereocenters. The van der Waals surface area contributed by atoms with Crippen LogP contribution >= 0.6 is 0 Å². The summed E-state index contributed by atoms with van der Waals surface area (Å²) in [6, 6.07) is 24.1. The Bertz CT molecular complexity index is 1420. The van der Waals surface area contributed by atoms with Gasteiger partial charge < -0.3 is 0 Å². The van der Waals surface area contributed by atoms with Crippen LogP contribution in [0.3, 0.4) is 0 Å². The minimum absolute atomic E-state index is 0.0341. The summed E-state index contributed by atoms with van der Waals surface area (Å²) in [5.74, 6) is 0.0341. The first-order chi connectivity index (χ1) is 13.8. The summed E-state index contributed by atoms with van der Waals surface area (Å²) in [6.07, 6.45) is 3.50. The summed E-state index contributed by atoms with van der Waals surface area (Å²) in [6.45, 7) is 0. The van der Waals surface area contributed by atoms with Crippen molar-refractivity contribution in [3.8, 4) is 22.4 Å². The van der Waals surface area contributed by atoms with E-state index in [0.29, 0.717) is 11.3 Å². The molecule has 0 atom stereocenters. The highest BCUT2D eigenvalue weighted by atomic mass is 16.1. The molecule has 0 bridgehead atoms. The standard InChI is InChI=1S/C25H14N2O/c28-25-19-10-4-3-9-18(19)22-21-17-8-2-1-6-15(17)11-12-20(21)27-24(23(22)25)16-7-5-13-26-14-16/h1-14H. The lowest BCUT2D eigenvalue weighted by atomic mass is 9.93. The normalized spacial score (nSPS) is 12.4. The minimum atomic E-state index is 0.0341. The molecule has 0 saturated heterocycles. The number of carbonyl (C=O) groups is 1. The molecule has 2 heterocycles. The van der Waals surface area contributed by atoms with Gasteiger partial charge in [-0.3, -0.25) is 9.78 Å². The third kappa shape index (κ3) is 1.96. The molecule has 1 aliphatic rings. The molecule has 0 N–H and O–H groups in total. The Hall–Kier alpha value is -3.85. The van der Waals surface area contributed by atoms with Gasteiger partial charge in [-0.15, -0.1) is 0 Å². The van der Waals surface area contributed by atoms with Crippen LogP contribution in [-0.4, -0.2) is 15.8 Å². The summed E-state index contributed by atoms with van der Waals surface area (Å²) in [7, 11) is 0. The molecular formula is C25H14N2O. The predicted molar refractivity (Wildman–Crippen MR) is 111 cm³/mol. The van der Waals surface area contributed by atoms with Crippen LogP contribution in [0.15, 0.2) is 85.2 Å². The minimum Gasteiger partial charge on any atom is -0.288 e. The highest BCUT2D eigenvalue weighted by molar-refractivity contribution is 6.30. The van der Waals surface area contributed by atoms with Crippen LogP contribution in [0.1, 0.15) is 15.9 Å². The zero-order valence-electron chi connectivity index (χ0n) is 14.9. The lowest BCUT2D eigenvalue weighted by Gasteiger charge is -2.13. The number of carbonyl (C=O) groups excluding carboxylic acids is 1. The molecule has 6 rings (SSSR count). The molecule has 3 heteroatoms. The van der Waals surface area contributed by atoms with E-state index in [2.05, 4.69) is 23.2 Å². The summed E-state index contributed by atoms with van der Waals surface area (Å²) >= 11 is 0. The van der Waals surface area contributed by atoms with Crippen molar-refractivity contribution < 1.29 is 4.79 Å². The molecule has 28 heavy (non-hydrogen) atoms. The van der Waals surface area contributed by atoms with Crippen molar-refractivity contribution in [3.63, 3.8) is 0 Å². The Balaban J connectivity index is 1.87. The van der Waals surface area contributed by atoms with Gasteiger partial charge >= 0.3 is 0 Å². The van der Waals surface area contributed by atoms with Crippen molar-refractivity contribution >= 4 is 27.5 Å². The van der Waals surface area contributed by atoms with E-state index in [-0.39, 0.29) is 5.78 Å². The Labute approximate surface area is 161 Å². The summed E-state index contributed by atoms with van der Waals surface area (Å²) < 4.78 is 0. The van der Waals surface area contributed by atoms with E-state index >= 15 is 0 Å². The van der Waals surface area contributed by atoms with Crippen molar-refractivity contribution in [2.75, 3.05) is 0 Å². The zero-order chi connectivity index (χ0) is 18.7. The third-order valence-corrected chi connectivity index (χ3v) is 5.48. The van der Waals surface area contributed by atoms with Gasteiger partial charge in [-0.05, 0) is 34.5 Å². The van der Waals surface area contributed by atoms with Gasteiger partial charge in [-0.1, -0.05) is 54.6 Å². The number of hydrogen-bond donors (Lipinski definition) is 0. The van der Waals surface area contributed by atoms with Crippen LogP contribution in [0.5, 0.6) is 0 Å². The third-order valence-electron chi connectivity index (χ3n) is 5.48. The smallest absolute Gasteiger partial charge is 0.196 e. The van der Waals surface area contributed by atoms with E-state index in [1.165, 1.54) is 0 Å². The van der Waals surface area contributed by atoms with Gasteiger partial charge in [0.2, 0.25) is 0 Å². The van der Waals surface area contributed by atoms with Gasteiger partial charge in [-0.25, -0.2) is 4.98 Å². The number of nitrogens with zero attached hydrogens (tertiary/aromatic N) is 2. The second-order valence-electron chi connectivity index (χ2n) is 7.01. The fraction of sp³-hybridized carbons (Fsp3) is 0. The Morgan fingerprint density at radius 2 is 1.54 bits per heavy atom. The second kappa shape index (κ2) is 5.57. The first-order valence-electron chi connectivity index (χ1n) is 9.23. The van der Waals surface area contributed by atoms with E-state index in [4.69, 9.17) is 4.98 Å². The fourth-order valence-corrected chi connectivity index (χ4v) is 4.27. The summed E-state index contributed by atoms with van der Waals surface area (Å²) in [5, 5.41) is 3.30. The molecule has 0 radical (unpaired) electrons. The number of ketones is 1. The van der Waals surface area contributed by atoms with E-state index in [9.17, 15) is 4.79 Å². The molecule has 2 aromatic heterocycles. The molecule has 130 valence electrons. The molecule has 0 aliphatic heterocycles. The van der Waals surface area contributed by atoms with E-state index in [1.54, 1.807) is 12.4 Å². The van der Waals surface area contributed by atoms with E-state index < -0.39 is 0 Å². The lowest BCUT2D eigenvalue weighted by Crippen LogP contribution is -2.01. The molecule has 3 aromatic carbocycles. The maximum Gasteiger partial charge on any atom is 0.196 e. The topological polar surface area (TPSA) is 42.9 Å². The fourth-order valence-electron chi connectivity index (χ4n) is 4.27. The quantitative estimate of drug-likeness (QED) is 0.356. The van der Waals surface area contributed by atoms with Gasteiger partial charge in [-0.2, -0.15) is 0 Å². The molecule has 0 saturated carbocycles. The number of benzene rings is 3. The molecule has 0 amide bonds. The predicted octanol–water partition coefficient (Wildman–Crippen LogP) is 5.66. The van der Waals surface area contributed by atoms with Gasteiger partial charge in [0, 0.05) is 34.5 Å². The largest absolute Gasteiger partial charge is 0.288 e.